The second-order valence-electron chi connectivity index (χ2n) is 5.26. The minimum absolute atomic E-state index is 0.0756. The predicted molar refractivity (Wildman–Crippen MR) is 86.1 cm³/mol. The molecule has 2 aromatic heterocycles. The molecule has 1 aromatic carbocycles. The summed E-state index contributed by atoms with van der Waals surface area (Å²) in [5, 5.41) is 11.1. The van der Waals surface area contributed by atoms with E-state index in [9.17, 15) is 9.18 Å². The number of hydrogen-bond acceptors (Lipinski definition) is 4. The molecule has 0 aliphatic rings. The lowest BCUT2D eigenvalue weighted by molar-refractivity contribution is -0.116. The molecule has 0 aliphatic heterocycles. The van der Waals surface area contributed by atoms with Crippen LogP contribution in [-0.2, 0) is 17.9 Å². The highest BCUT2D eigenvalue weighted by Crippen LogP contribution is 2.18. The van der Waals surface area contributed by atoms with Crippen LogP contribution in [0.3, 0.4) is 0 Å². The third-order valence-electron chi connectivity index (χ3n) is 3.20. The highest BCUT2D eigenvalue weighted by Gasteiger charge is 2.09. The lowest BCUT2D eigenvalue weighted by atomic mass is 10.2. The van der Waals surface area contributed by atoms with E-state index in [-0.39, 0.29) is 18.4 Å². The molecule has 24 heavy (non-hydrogen) atoms. The van der Waals surface area contributed by atoms with Gasteiger partial charge in [0.05, 0.1) is 12.7 Å². The van der Waals surface area contributed by atoms with E-state index in [0.717, 1.165) is 5.56 Å². The van der Waals surface area contributed by atoms with Crippen molar-refractivity contribution in [1.82, 2.24) is 24.5 Å². The number of rotatable bonds is 5. The summed E-state index contributed by atoms with van der Waals surface area (Å²) >= 11 is 5.98. The maximum absolute atomic E-state index is 13.0. The Bertz CT molecular complexity index is 874. The maximum Gasteiger partial charge on any atom is 0.248 e. The number of nitrogens with one attached hydrogen (secondary N) is 1. The number of halogens is 2. The Balaban J connectivity index is 1.61. The average Bonchev–Trinajstić information content (AvgIpc) is 3.11. The molecular weight excluding hydrogens is 335 g/mol. The van der Waals surface area contributed by atoms with Crippen molar-refractivity contribution in [2.45, 2.75) is 20.0 Å². The van der Waals surface area contributed by atoms with Crippen LogP contribution in [0.1, 0.15) is 11.1 Å². The van der Waals surface area contributed by atoms with Crippen molar-refractivity contribution in [3.05, 3.63) is 58.9 Å². The normalized spacial score (nSPS) is 10.8. The number of carbonyl (C=O) groups is 1. The number of nitrogens with zero attached hydrogens (tertiary/aromatic N) is 5. The summed E-state index contributed by atoms with van der Waals surface area (Å²) in [5.41, 5.74) is 1.68. The molecule has 7 nitrogen and oxygen atoms in total. The minimum atomic E-state index is -0.399. The van der Waals surface area contributed by atoms with Gasteiger partial charge >= 0.3 is 0 Å². The summed E-state index contributed by atoms with van der Waals surface area (Å²) in [6, 6.07) is 4.15. The maximum atomic E-state index is 13.0. The van der Waals surface area contributed by atoms with Crippen LogP contribution in [0, 0.1) is 12.7 Å². The van der Waals surface area contributed by atoms with Crippen LogP contribution in [0.2, 0.25) is 5.02 Å². The Labute approximate surface area is 142 Å². The van der Waals surface area contributed by atoms with E-state index in [4.69, 9.17) is 11.6 Å². The number of aryl methyl sites for hydroxylation is 1. The summed E-state index contributed by atoms with van der Waals surface area (Å²) in [5.74, 6) is -0.498. The first-order chi connectivity index (χ1) is 11.5. The van der Waals surface area contributed by atoms with Crippen molar-refractivity contribution in [1.29, 1.82) is 0 Å². The van der Waals surface area contributed by atoms with Gasteiger partial charge in [0.1, 0.15) is 18.7 Å². The monoisotopic (exact) mass is 348 g/mol. The molecule has 0 radical (unpaired) electrons. The van der Waals surface area contributed by atoms with Gasteiger partial charge in [0.2, 0.25) is 11.9 Å². The fourth-order valence-electron chi connectivity index (χ4n) is 2.12. The first-order valence-corrected chi connectivity index (χ1v) is 7.50. The van der Waals surface area contributed by atoms with E-state index in [1.807, 2.05) is 6.92 Å². The summed E-state index contributed by atoms with van der Waals surface area (Å²) in [6.45, 7) is 2.29. The van der Waals surface area contributed by atoms with E-state index in [2.05, 4.69) is 20.5 Å². The standard InChI is InChI=1S/C15H14ClFN6O/c1-10-5-19-22(6-10)8-14(24)20-15-18-9-23(21-15)7-11-2-3-12(17)4-13(11)16/h2-6,9H,7-8H2,1H3,(H,20,21,24). The second-order valence-corrected chi connectivity index (χ2v) is 5.67. The number of benzene rings is 1. The molecule has 3 rings (SSSR count). The molecule has 2 heterocycles. The van der Waals surface area contributed by atoms with Gasteiger partial charge in [0, 0.05) is 11.2 Å². The number of hydrogen-bond donors (Lipinski definition) is 1. The molecule has 0 fully saturated rings. The van der Waals surface area contributed by atoms with Gasteiger partial charge in [-0.2, -0.15) is 5.10 Å². The molecule has 0 atom stereocenters. The largest absolute Gasteiger partial charge is 0.292 e. The van der Waals surface area contributed by atoms with Gasteiger partial charge in [0.25, 0.3) is 0 Å². The Hall–Kier alpha value is -2.74. The van der Waals surface area contributed by atoms with E-state index in [1.54, 1.807) is 18.5 Å². The zero-order chi connectivity index (χ0) is 17.1. The van der Waals surface area contributed by atoms with Crippen LogP contribution in [0.5, 0.6) is 0 Å². The molecule has 0 saturated heterocycles. The van der Waals surface area contributed by atoms with Crippen LogP contribution in [-0.4, -0.2) is 30.5 Å². The van der Waals surface area contributed by atoms with Crippen LogP contribution in [0.4, 0.5) is 10.3 Å². The fraction of sp³-hybridized carbons (Fsp3) is 0.200. The molecule has 0 unspecified atom stereocenters. The lowest BCUT2D eigenvalue weighted by Crippen LogP contribution is -2.20. The molecular formula is C15H14ClFN6O. The first kappa shape index (κ1) is 16.1. The third-order valence-corrected chi connectivity index (χ3v) is 3.55. The second kappa shape index (κ2) is 6.79. The van der Waals surface area contributed by atoms with Gasteiger partial charge in [-0.25, -0.2) is 14.1 Å². The van der Waals surface area contributed by atoms with Crippen LogP contribution in [0.25, 0.3) is 0 Å². The highest BCUT2D eigenvalue weighted by atomic mass is 35.5. The van der Waals surface area contributed by atoms with Gasteiger partial charge in [-0.1, -0.05) is 17.7 Å². The molecule has 0 saturated carbocycles. The Morgan fingerprint density at radius 2 is 2.21 bits per heavy atom. The molecule has 3 aromatic rings. The SMILES string of the molecule is Cc1cnn(CC(=O)Nc2ncn(Cc3ccc(F)cc3Cl)n2)c1. The van der Waals surface area contributed by atoms with Crippen LogP contribution in [0.15, 0.2) is 36.9 Å². The summed E-state index contributed by atoms with van der Waals surface area (Å²) in [4.78, 5) is 15.9. The zero-order valence-corrected chi connectivity index (χ0v) is 13.5. The van der Waals surface area contributed by atoms with E-state index >= 15 is 0 Å². The van der Waals surface area contributed by atoms with Crippen LogP contribution < -0.4 is 5.32 Å². The Kier molecular flexibility index (Phi) is 4.57. The molecule has 1 amide bonds. The van der Waals surface area contributed by atoms with Gasteiger partial charge < -0.3 is 0 Å². The third kappa shape index (κ3) is 3.96. The van der Waals surface area contributed by atoms with E-state index < -0.39 is 5.82 Å². The van der Waals surface area contributed by atoms with Crippen molar-refractivity contribution in [2.75, 3.05) is 5.32 Å². The van der Waals surface area contributed by atoms with Crippen LogP contribution >= 0.6 is 11.6 Å². The molecule has 0 spiro atoms. The smallest absolute Gasteiger partial charge is 0.248 e. The first-order valence-electron chi connectivity index (χ1n) is 7.12. The van der Waals surface area contributed by atoms with Crippen molar-refractivity contribution in [3.63, 3.8) is 0 Å². The van der Waals surface area contributed by atoms with Crippen molar-refractivity contribution in [2.24, 2.45) is 0 Å². The quantitative estimate of drug-likeness (QED) is 0.767. The van der Waals surface area contributed by atoms with Crippen molar-refractivity contribution >= 4 is 23.5 Å². The minimum Gasteiger partial charge on any atom is -0.292 e. The molecule has 0 aliphatic carbocycles. The fourth-order valence-corrected chi connectivity index (χ4v) is 2.34. The van der Waals surface area contributed by atoms with Gasteiger partial charge in [0.15, 0.2) is 0 Å². The van der Waals surface area contributed by atoms with E-state index in [0.29, 0.717) is 17.1 Å². The summed E-state index contributed by atoms with van der Waals surface area (Å²) in [6.07, 6.45) is 4.90. The molecule has 1 N–H and O–H groups in total. The van der Waals surface area contributed by atoms with Crippen molar-refractivity contribution < 1.29 is 9.18 Å². The molecule has 124 valence electrons. The van der Waals surface area contributed by atoms with Crippen molar-refractivity contribution in [3.8, 4) is 0 Å². The van der Waals surface area contributed by atoms with Gasteiger partial charge in [-0.05, 0) is 30.2 Å². The zero-order valence-electron chi connectivity index (χ0n) is 12.8. The Morgan fingerprint density at radius 1 is 1.38 bits per heavy atom. The predicted octanol–water partition coefficient (Wildman–Crippen LogP) is 2.26. The number of amides is 1. The molecule has 9 heteroatoms. The highest BCUT2D eigenvalue weighted by molar-refractivity contribution is 6.31. The number of carbonyl (C=O) groups excluding carboxylic acids is 1. The van der Waals surface area contributed by atoms with Gasteiger partial charge in [-0.15, -0.1) is 5.10 Å². The summed E-state index contributed by atoms with van der Waals surface area (Å²) < 4.78 is 16.1. The summed E-state index contributed by atoms with van der Waals surface area (Å²) in [7, 11) is 0. The Morgan fingerprint density at radius 3 is 2.92 bits per heavy atom. The topological polar surface area (TPSA) is 77.6 Å². The number of aromatic nitrogens is 5. The van der Waals surface area contributed by atoms with E-state index in [1.165, 1.54) is 27.8 Å². The molecule has 0 bridgehead atoms. The average molecular weight is 349 g/mol. The number of anilines is 1. The lowest BCUT2D eigenvalue weighted by Gasteiger charge is -2.04. The van der Waals surface area contributed by atoms with Gasteiger partial charge in [-0.3, -0.25) is 14.8 Å².